The molecule has 2 rings (SSSR count). The highest BCUT2D eigenvalue weighted by Crippen LogP contribution is 2.34. The second-order valence-corrected chi connectivity index (χ2v) is 3.96. The number of ether oxygens (including phenoxy) is 2. The molecular weight excluding hydrogens is 158 g/mol. The van der Waals surface area contributed by atoms with Crippen molar-refractivity contribution in [2.24, 2.45) is 0 Å². The molecule has 4 heteroatoms. The molecule has 0 amide bonds. The van der Waals surface area contributed by atoms with E-state index in [1.165, 1.54) is 0 Å². The fraction of sp³-hybridized carbons (Fsp3) is 1.00. The zero-order valence-electron chi connectivity index (χ0n) is 7.57. The minimum absolute atomic E-state index is 0.0185. The van der Waals surface area contributed by atoms with Gasteiger partial charge in [0.15, 0.2) is 5.79 Å². The molecule has 70 valence electrons. The van der Waals surface area contributed by atoms with Gasteiger partial charge in [0.2, 0.25) is 0 Å². The van der Waals surface area contributed by atoms with Gasteiger partial charge in [0.1, 0.15) is 18.4 Å². The molecule has 0 unspecified atom stereocenters. The van der Waals surface area contributed by atoms with Gasteiger partial charge in [0, 0.05) is 6.04 Å². The zero-order valence-corrected chi connectivity index (χ0v) is 7.57. The first-order valence-corrected chi connectivity index (χ1v) is 4.29. The van der Waals surface area contributed by atoms with Crippen molar-refractivity contribution in [3.8, 4) is 0 Å². The third-order valence-electron chi connectivity index (χ3n) is 2.40. The van der Waals surface area contributed by atoms with E-state index >= 15 is 0 Å². The van der Waals surface area contributed by atoms with E-state index in [2.05, 4.69) is 5.32 Å². The summed E-state index contributed by atoms with van der Waals surface area (Å²) in [6, 6.07) is 0.159. The van der Waals surface area contributed by atoms with Gasteiger partial charge < -0.3 is 14.6 Å². The van der Waals surface area contributed by atoms with E-state index in [-0.39, 0.29) is 18.2 Å². The molecule has 2 saturated heterocycles. The van der Waals surface area contributed by atoms with E-state index in [1.807, 2.05) is 20.8 Å². The van der Waals surface area contributed by atoms with Gasteiger partial charge >= 0.3 is 0 Å². The molecule has 0 bridgehead atoms. The molecule has 2 fully saturated rings. The first-order valence-electron chi connectivity index (χ1n) is 4.29. The highest BCUT2D eigenvalue weighted by molar-refractivity contribution is 4.98. The van der Waals surface area contributed by atoms with Crippen LogP contribution in [-0.2, 0) is 9.47 Å². The van der Waals surface area contributed by atoms with Crippen LogP contribution in [0.25, 0.3) is 0 Å². The summed E-state index contributed by atoms with van der Waals surface area (Å²) in [7, 11) is 0. The number of aliphatic hydroxyl groups is 1. The van der Waals surface area contributed by atoms with Crippen LogP contribution in [0.2, 0.25) is 0 Å². The van der Waals surface area contributed by atoms with Crippen molar-refractivity contribution >= 4 is 0 Å². The van der Waals surface area contributed by atoms with Crippen molar-refractivity contribution in [1.82, 2.24) is 5.32 Å². The molecule has 2 aliphatic rings. The Morgan fingerprint density at radius 1 is 1.25 bits per heavy atom. The van der Waals surface area contributed by atoms with Crippen molar-refractivity contribution < 1.29 is 14.6 Å². The number of nitrogens with one attached hydrogen (secondary N) is 1. The fourth-order valence-corrected chi connectivity index (χ4v) is 1.91. The summed E-state index contributed by atoms with van der Waals surface area (Å²) in [4.78, 5) is 0. The van der Waals surface area contributed by atoms with Crippen molar-refractivity contribution in [2.75, 3.05) is 0 Å². The van der Waals surface area contributed by atoms with Crippen molar-refractivity contribution in [2.45, 2.75) is 51.0 Å². The van der Waals surface area contributed by atoms with E-state index < -0.39 is 12.0 Å². The van der Waals surface area contributed by atoms with Gasteiger partial charge in [-0.2, -0.15) is 0 Å². The van der Waals surface area contributed by atoms with Crippen LogP contribution in [0.4, 0.5) is 0 Å². The molecule has 2 aliphatic heterocycles. The predicted molar refractivity (Wildman–Crippen MR) is 42.4 cm³/mol. The Kier molecular flexibility index (Phi) is 1.70. The summed E-state index contributed by atoms with van der Waals surface area (Å²) in [5, 5.41) is 12.4. The molecule has 0 aromatic heterocycles. The van der Waals surface area contributed by atoms with Crippen LogP contribution in [0.5, 0.6) is 0 Å². The number of hydrogen-bond donors (Lipinski definition) is 2. The molecule has 2 N–H and O–H groups in total. The molecule has 0 radical (unpaired) electrons. The average molecular weight is 173 g/mol. The highest BCUT2D eigenvalue weighted by Gasteiger charge is 2.51. The maximum Gasteiger partial charge on any atom is 0.164 e. The van der Waals surface area contributed by atoms with Crippen LogP contribution in [0.3, 0.4) is 0 Å². The lowest BCUT2D eigenvalue weighted by atomic mass is 10.2. The zero-order chi connectivity index (χ0) is 8.93. The molecule has 0 aliphatic carbocycles. The molecule has 0 aromatic rings. The monoisotopic (exact) mass is 173 g/mol. The molecule has 0 aromatic carbocycles. The Balaban J connectivity index is 2.15. The SMILES string of the molecule is C[C@@H]1N[C@H](O)[C@H]2OC(C)(C)O[C@H]21. The summed E-state index contributed by atoms with van der Waals surface area (Å²) >= 11 is 0. The van der Waals surface area contributed by atoms with Crippen LogP contribution in [0.1, 0.15) is 20.8 Å². The summed E-state index contributed by atoms with van der Waals surface area (Å²) in [6.07, 6.45) is -0.822. The smallest absolute Gasteiger partial charge is 0.164 e. The minimum Gasteiger partial charge on any atom is -0.376 e. The van der Waals surface area contributed by atoms with E-state index in [0.717, 1.165) is 0 Å². The minimum atomic E-state index is -0.591. The van der Waals surface area contributed by atoms with Gasteiger partial charge in [-0.1, -0.05) is 0 Å². The normalized spacial score (nSPS) is 51.0. The third-order valence-corrected chi connectivity index (χ3v) is 2.40. The number of aliphatic hydroxyl groups excluding tert-OH is 1. The summed E-state index contributed by atoms with van der Waals surface area (Å²) in [6.45, 7) is 5.72. The standard InChI is InChI=1S/C8H15NO3/c1-4-5-6(7(10)9-4)12-8(2,3)11-5/h4-7,9-10H,1-3H3/t4-,5-,6-,7+/m0/s1. The van der Waals surface area contributed by atoms with Crippen LogP contribution >= 0.6 is 0 Å². The third kappa shape index (κ3) is 1.15. The van der Waals surface area contributed by atoms with Crippen LogP contribution in [-0.4, -0.2) is 35.4 Å². The maximum absolute atomic E-state index is 9.49. The quantitative estimate of drug-likeness (QED) is 0.533. The Morgan fingerprint density at radius 2 is 1.83 bits per heavy atom. The van der Waals surface area contributed by atoms with Gasteiger partial charge in [-0.05, 0) is 20.8 Å². The Labute approximate surface area is 71.9 Å². The second-order valence-electron chi connectivity index (χ2n) is 3.96. The Morgan fingerprint density at radius 3 is 2.42 bits per heavy atom. The molecule has 0 saturated carbocycles. The predicted octanol–water partition coefficient (Wildman–Crippen LogP) is -0.183. The van der Waals surface area contributed by atoms with Crippen molar-refractivity contribution in [1.29, 1.82) is 0 Å². The van der Waals surface area contributed by atoms with Gasteiger partial charge in [-0.15, -0.1) is 0 Å². The Bertz CT molecular complexity index is 177. The van der Waals surface area contributed by atoms with Gasteiger partial charge in [0.05, 0.1) is 0 Å². The highest BCUT2D eigenvalue weighted by atomic mass is 16.8. The number of hydrogen-bond acceptors (Lipinski definition) is 4. The first-order chi connectivity index (χ1) is 5.49. The van der Waals surface area contributed by atoms with E-state index in [4.69, 9.17) is 9.47 Å². The van der Waals surface area contributed by atoms with Gasteiger partial charge in [-0.25, -0.2) is 0 Å². The topological polar surface area (TPSA) is 50.7 Å². The lowest BCUT2D eigenvalue weighted by Gasteiger charge is -2.21. The lowest BCUT2D eigenvalue weighted by molar-refractivity contribution is -0.166. The largest absolute Gasteiger partial charge is 0.376 e. The molecule has 12 heavy (non-hydrogen) atoms. The van der Waals surface area contributed by atoms with Crippen LogP contribution in [0.15, 0.2) is 0 Å². The molecule has 0 spiro atoms. The lowest BCUT2D eigenvalue weighted by Crippen LogP contribution is -2.37. The van der Waals surface area contributed by atoms with E-state index in [1.54, 1.807) is 0 Å². The summed E-state index contributed by atoms with van der Waals surface area (Å²) in [5.74, 6) is -0.549. The van der Waals surface area contributed by atoms with E-state index in [0.29, 0.717) is 0 Å². The van der Waals surface area contributed by atoms with Gasteiger partial charge in [0.25, 0.3) is 0 Å². The Hall–Kier alpha value is -0.160. The van der Waals surface area contributed by atoms with E-state index in [9.17, 15) is 5.11 Å². The van der Waals surface area contributed by atoms with Crippen molar-refractivity contribution in [3.05, 3.63) is 0 Å². The molecule has 2 heterocycles. The second kappa shape index (κ2) is 2.42. The van der Waals surface area contributed by atoms with Crippen LogP contribution < -0.4 is 5.32 Å². The maximum atomic E-state index is 9.49. The van der Waals surface area contributed by atoms with Gasteiger partial charge in [-0.3, -0.25) is 5.32 Å². The number of rotatable bonds is 0. The molecule has 4 atom stereocenters. The summed E-state index contributed by atoms with van der Waals surface area (Å²) in [5.41, 5.74) is 0. The van der Waals surface area contributed by atoms with Crippen molar-refractivity contribution in [3.63, 3.8) is 0 Å². The first kappa shape index (κ1) is 8.44. The van der Waals surface area contributed by atoms with Crippen LogP contribution in [0, 0.1) is 0 Å². The average Bonchev–Trinajstić information content (AvgIpc) is 2.34. The summed E-state index contributed by atoms with van der Waals surface area (Å²) < 4.78 is 11.1. The number of fused-ring (bicyclic) bond motifs is 1. The fourth-order valence-electron chi connectivity index (χ4n) is 1.91. The molecule has 4 nitrogen and oxygen atoms in total. The molecular formula is C8H15NO3.